The number of nitrogens with zero attached hydrogens (tertiary/aromatic N) is 1. The van der Waals surface area contributed by atoms with E-state index in [1.54, 1.807) is 0 Å². The molecule has 3 heteroatoms. The fourth-order valence-electron chi connectivity index (χ4n) is 2.58. The second-order valence-electron chi connectivity index (χ2n) is 5.14. The molecule has 0 spiro atoms. The lowest BCUT2D eigenvalue weighted by molar-refractivity contribution is 0.318. The van der Waals surface area contributed by atoms with Crippen LogP contribution >= 0.6 is 11.6 Å². The largest absolute Gasteiger partial charge is 0.371 e. The second-order valence-corrected chi connectivity index (χ2v) is 5.58. The molecule has 0 aromatic heterocycles. The van der Waals surface area contributed by atoms with Crippen LogP contribution in [0.3, 0.4) is 0 Å². The van der Waals surface area contributed by atoms with Crippen molar-refractivity contribution in [1.82, 2.24) is 5.32 Å². The third-order valence-corrected chi connectivity index (χ3v) is 4.07. The molecule has 0 aliphatic heterocycles. The fourth-order valence-corrected chi connectivity index (χ4v) is 2.77. The molecule has 1 aliphatic carbocycles. The van der Waals surface area contributed by atoms with Crippen molar-refractivity contribution >= 4 is 17.3 Å². The van der Waals surface area contributed by atoms with Crippen molar-refractivity contribution in [2.75, 3.05) is 25.0 Å². The molecule has 0 bridgehead atoms. The summed E-state index contributed by atoms with van der Waals surface area (Å²) in [6.45, 7) is 5.36. The summed E-state index contributed by atoms with van der Waals surface area (Å²) >= 11 is 6.10. The zero-order valence-electron chi connectivity index (χ0n) is 11.4. The Morgan fingerprint density at radius 2 is 2.17 bits per heavy atom. The molecule has 18 heavy (non-hydrogen) atoms. The molecule has 1 aromatic rings. The van der Waals surface area contributed by atoms with Crippen LogP contribution in [0.15, 0.2) is 18.2 Å². The van der Waals surface area contributed by atoms with E-state index < -0.39 is 0 Å². The maximum atomic E-state index is 6.10. The highest BCUT2D eigenvalue weighted by atomic mass is 35.5. The number of anilines is 1. The Labute approximate surface area is 115 Å². The van der Waals surface area contributed by atoms with Crippen molar-refractivity contribution in [3.63, 3.8) is 0 Å². The molecule has 1 aliphatic rings. The van der Waals surface area contributed by atoms with Gasteiger partial charge in [0.2, 0.25) is 0 Å². The first-order valence-electron chi connectivity index (χ1n) is 6.92. The first kappa shape index (κ1) is 13.7. The number of halogens is 1. The van der Waals surface area contributed by atoms with Gasteiger partial charge in [0.25, 0.3) is 0 Å². The Morgan fingerprint density at radius 3 is 2.72 bits per heavy atom. The number of benzene rings is 1. The van der Waals surface area contributed by atoms with Crippen LogP contribution in [-0.2, 0) is 6.54 Å². The number of hydrogen-bond acceptors (Lipinski definition) is 2. The predicted molar refractivity (Wildman–Crippen MR) is 79.4 cm³/mol. The lowest BCUT2D eigenvalue weighted by Crippen LogP contribution is -2.33. The standard InChI is InChI=1S/C15H23ClN2/c1-3-18(11-12-5-4-6-12)15-8-7-14(16)9-13(15)10-17-2/h7-9,12,17H,3-6,10-11H2,1-2H3. The van der Waals surface area contributed by atoms with Crippen LogP contribution in [0, 0.1) is 5.92 Å². The first-order valence-corrected chi connectivity index (χ1v) is 7.30. The fraction of sp³-hybridized carbons (Fsp3) is 0.600. The van der Waals surface area contributed by atoms with Gasteiger partial charge in [-0.1, -0.05) is 18.0 Å². The lowest BCUT2D eigenvalue weighted by Gasteiger charge is -2.34. The van der Waals surface area contributed by atoms with Gasteiger partial charge in [0, 0.05) is 30.3 Å². The van der Waals surface area contributed by atoms with Crippen LogP contribution in [0.4, 0.5) is 5.69 Å². The summed E-state index contributed by atoms with van der Waals surface area (Å²) in [5, 5.41) is 4.05. The first-order chi connectivity index (χ1) is 8.74. The summed E-state index contributed by atoms with van der Waals surface area (Å²) < 4.78 is 0. The molecule has 0 radical (unpaired) electrons. The smallest absolute Gasteiger partial charge is 0.0412 e. The maximum absolute atomic E-state index is 6.10. The highest BCUT2D eigenvalue weighted by Gasteiger charge is 2.21. The Balaban J connectivity index is 2.16. The molecule has 100 valence electrons. The number of rotatable bonds is 6. The normalized spacial score (nSPS) is 15.5. The molecule has 0 amide bonds. The Kier molecular flexibility index (Phi) is 4.90. The topological polar surface area (TPSA) is 15.3 Å². The molecular weight excluding hydrogens is 244 g/mol. The molecular formula is C15H23ClN2. The zero-order chi connectivity index (χ0) is 13.0. The van der Waals surface area contributed by atoms with Crippen LogP contribution < -0.4 is 10.2 Å². The van der Waals surface area contributed by atoms with Crippen LogP contribution in [-0.4, -0.2) is 20.1 Å². The second kappa shape index (κ2) is 6.44. The van der Waals surface area contributed by atoms with E-state index in [9.17, 15) is 0 Å². The SMILES string of the molecule is CCN(CC1CCC1)c1ccc(Cl)cc1CNC. The molecule has 1 N–H and O–H groups in total. The maximum Gasteiger partial charge on any atom is 0.0412 e. The van der Waals surface area contributed by atoms with Crippen molar-refractivity contribution < 1.29 is 0 Å². The van der Waals surface area contributed by atoms with Crippen molar-refractivity contribution in [3.8, 4) is 0 Å². The van der Waals surface area contributed by atoms with Crippen LogP contribution in [0.2, 0.25) is 5.02 Å². The third-order valence-electron chi connectivity index (χ3n) is 3.83. The van der Waals surface area contributed by atoms with Gasteiger partial charge < -0.3 is 10.2 Å². The minimum absolute atomic E-state index is 0.823. The van der Waals surface area contributed by atoms with E-state index in [4.69, 9.17) is 11.6 Å². The van der Waals surface area contributed by atoms with Gasteiger partial charge >= 0.3 is 0 Å². The summed E-state index contributed by atoms with van der Waals surface area (Å²) in [6.07, 6.45) is 4.20. The summed E-state index contributed by atoms with van der Waals surface area (Å²) in [4.78, 5) is 2.49. The Hall–Kier alpha value is -0.730. The van der Waals surface area contributed by atoms with Gasteiger partial charge in [-0.15, -0.1) is 0 Å². The lowest BCUT2D eigenvalue weighted by atomic mass is 9.85. The summed E-state index contributed by atoms with van der Waals surface area (Å²) in [7, 11) is 1.98. The van der Waals surface area contributed by atoms with Gasteiger partial charge in [-0.2, -0.15) is 0 Å². The van der Waals surface area contributed by atoms with Gasteiger partial charge in [0.05, 0.1) is 0 Å². The molecule has 1 aromatic carbocycles. The van der Waals surface area contributed by atoms with E-state index in [-0.39, 0.29) is 0 Å². The van der Waals surface area contributed by atoms with Crippen molar-refractivity contribution in [2.24, 2.45) is 5.92 Å². The van der Waals surface area contributed by atoms with Crippen molar-refractivity contribution in [2.45, 2.75) is 32.7 Å². The molecule has 0 heterocycles. The molecule has 1 saturated carbocycles. The quantitative estimate of drug-likeness (QED) is 0.845. The van der Waals surface area contributed by atoms with E-state index in [0.717, 1.165) is 24.0 Å². The monoisotopic (exact) mass is 266 g/mol. The number of nitrogens with one attached hydrogen (secondary N) is 1. The highest BCUT2D eigenvalue weighted by Crippen LogP contribution is 2.31. The molecule has 0 atom stereocenters. The zero-order valence-corrected chi connectivity index (χ0v) is 12.1. The average Bonchev–Trinajstić information content (AvgIpc) is 2.30. The summed E-state index contributed by atoms with van der Waals surface area (Å²) in [5.41, 5.74) is 2.63. The van der Waals surface area contributed by atoms with E-state index in [1.807, 2.05) is 13.1 Å². The molecule has 2 rings (SSSR count). The molecule has 2 nitrogen and oxygen atoms in total. The van der Waals surface area contributed by atoms with E-state index in [2.05, 4.69) is 29.3 Å². The van der Waals surface area contributed by atoms with E-state index in [1.165, 1.54) is 37.1 Å². The summed E-state index contributed by atoms with van der Waals surface area (Å²) in [5.74, 6) is 0.892. The van der Waals surface area contributed by atoms with E-state index >= 15 is 0 Å². The minimum Gasteiger partial charge on any atom is -0.371 e. The average molecular weight is 267 g/mol. The molecule has 1 fully saturated rings. The Morgan fingerprint density at radius 1 is 1.39 bits per heavy atom. The van der Waals surface area contributed by atoms with Crippen LogP contribution in [0.5, 0.6) is 0 Å². The van der Waals surface area contributed by atoms with Gasteiger partial charge in [0.1, 0.15) is 0 Å². The Bertz CT molecular complexity index is 388. The van der Waals surface area contributed by atoms with Gasteiger partial charge in [-0.25, -0.2) is 0 Å². The molecule has 0 unspecified atom stereocenters. The van der Waals surface area contributed by atoms with Crippen molar-refractivity contribution in [3.05, 3.63) is 28.8 Å². The van der Waals surface area contributed by atoms with Crippen molar-refractivity contribution in [1.29, 1.82) is 0 Å². The van der Waals surface area contributed by atoms with Crippen LogP contribution in [0.1, 0.15) is 31.7 Å². The summed E-state index contributed by atoms with van der Waals surface area (Å²) in [6, 6.07) is 6.24. The van der Waals surface area contributed by atoms with Crippen LogP contribution in [0.25, 0.3) is 0 Å². The third kappa shape index (κ3) is 3.18. The van der Waals surface area contributed by atoms with E-state index in [0.29, 0.717) is 0 Å². The highest BCUT2D eigenvalue weighted by molar-refractivity contribution is 6.30. The van der Waals surface area contributed by atoms with Gasteiger partial charge in [-0.05, 0) is 56.5 Å². The van der Waals surface area contributed by atoms with Gasteiger partial charge in [-0.3, -0.25) is 0 Å². The minimum atomic E-state index is 0.823. The predicted octanol–water partition coefficient (Wildman–Crippen LogP) is 3.69. The van der Waals surface area contributed by atoms with Gasteiger partial charge in [0.15, 0.2) is 0 Å². The number of hydrogen-bond donors (Lipinski definition) is 1. The molecule has 0 saturated heterocycles.